The van der Waals surface area contributed by atoms with Gasteiger partial charge in [0, 0.05) is 6.54 Å². The van der Waals surface area contributed by atoms with E-state index in [1.54, 1.807) is 30.2 Å². The Morgan fingerprint density at radius 1 is 1.25 bits per heavy atom. The number of carboxylic acids is 1. The first-order chi connectivity index (χ1) is 13.5. The van der Waals surface area contributed by atoms with E-state index in [2.05, 4.69) is 11.6 Å². The molecule has 1 aliphatic rings. The molecule has 3 rings (SSSR count). The van der Waals surface area contributed by atoms with E-state index in [-0.39, 0.29) is 16.7 Å². The molecule has 0 aromatic heterocycles. The molecule has 1 saturated heterocycles. The van der Waals surface area contributed by atoms with Crippen LogP contribution in [0.15, 0.2) is 66.2 Å². The minimum Gasteiger partial charge on any atom is -0.497 e. The van der Waals surface area contributed by atoms with Crippen LogP contribution in [0.3, 0.4) is 0 Å². The van der Waals surface area contributed by atoms with Crippen molar-refractivity contribution in [3.05, 3.63) is 72.3 Å². The molecular weight excluding hydrogens is 376 g/mol. The van der Waals surface area contributed by atoms with Gasteiger partial charge in [0.25, 0.3) is 0 Å². The van der Waals surface area contributed by atoms with Gasteiger partial charge >= 0.3 is 5.97 Å². The lowest BCUT2D eigenvalue weighted by Crippen LogP contribution is -2.32. The lowest BCUT2D eigenvalue weighted by molar-refractivity contribution is -0.125. The molecule has 1 atom stereocenters. The van der Waals surface area contributed by atoms with E-state index in [9.17, 15) is 9.59 Å². The Morgan fingerprint density at radius 2 is 1.93 bits per heavy atom. The number of ether oxygens (including phenoxy) is 1. The number of aliphatic imine (C=N–C) groups is 1. The highest BCUT2D eigenvalue weighted by Crippen LogP contribution is 2.32. The van der Waals surface area contributed by atoms with E-state index >= 15 is 0 Å². The van der Waals surface area contributed by atoms with Crippen molar-refractivity contribution >= 4 is 34.5 Å². The highest BCUT2D eigenvalue weighted by Gasteiger charge is 2.37. The number of amidine groups is 1. The normalized spacial score (nSPS) is 17.8. The number of nitrogens with zero attached hydrogens (tertiary/aromatic N) is 2. The summed E-state index contributed by atoms with van der Waals surface area (Å²) >= 11 is 1.41. The number of aromatic carboxylic acids is 1. The predicted molar refractivity (Wildman–Crippen MR) is 110 cm³/mol. The first kappa shape index (κ1) is 19.7. The van der Waals surface area contributed by atoms with Gasteiger partial charge in [0.1, 0.15) is 5.75 Å². The Bertz CT molecular complexity index is 907. The molecule has 1 fully saturated rings. The molecule has 6 nitrogen and oxygen atoms in total. The molecule has 144 valence electrons. The fourth-order valence-electron chi connectivity index (χ4n) is 2.79. The molecule has 0 aliphatic carbocycles. The number of benzene rings is 2. The van der Waals surface area contributed by atoms with Crippen LogP contribution in [0.5, 0.6) is 5.75 Å². The summed E-state index contributed by atoms with van der Waals surface area (Å²) in [6.07, 6.45) is 2.25. The van der Waals surface area contributed by atoms with Crippen molar-refractivity contribution < 1.29 is 19.4 Å². The second-order valence-electron chi connectivity index (χ2n) is 6.14. The zero-order valence-corrected chi connectivity index (χ0v) is 16.2. The average molecular weight is 396 g/mol. The summed E-state index contributed by atoms with van der Waals surface area (Å²) in [5.41, 5.74) is 1.83. The number of hydrogen-bond acceptors (Lipinski definition) is 5. The minimum atomic E-state index is -0.988. The fourth-order valence-corrected chi connectivity index (χ4v) is 4.00. The van der Waals surface area contributed by atoms with Crippen LogP contribution >= 0.6 is 11.8 Å². The SMILES string of the molecule is C=CCN1C(=O)[C@H](Cc2ccc(OC)cc2)SC1=Nc1ccc(C(=O)O)cc1. The lowest BCUT2D eigenvalue weighted by atomic mass is 10.1. The molecule has 0 radical (unpaired) electrons. The van der Waals surface area contributed by atoms with E-state index in [4.69, 9.17) is 9.84 Å². The van der Waals surface area contributed by atoms with Crippen molar-refractivity contribution in [3.63, 3.8) is 0 Å². The Balaban J connectivity index is 1.80. The van der Waals surface area contributed by atoms with Crippen LogP contribution in [0, 0.1) is 0 Å². The van der Waals surface area contributed by atoms with Gasteiger partial charge < -0.3 is 9.84 Å². The van der Waals surface area contributed by atoms with E-state index in [0.717, 1.165) is 11.3 Å². The summed E-state index contributed by atoms with van der Waals surface area (Å²) in [5, 5.41) is 9.32. The maximum Gasteiger partial charge on any atom is 0.335 e. The van der Waals surface area contributed by atoms with Crippen LogP contribution in [0.2, 0.25) is 0 Å². The van der Waals surface area contributed by atoms with Gasteiger partial charge in [0.15, 0.2) is 5.17 Å². The van der Waals surface area contributed by atoms with Crippen molar-refractivity contribution in [2.45, 2.75) is 11.7 Å². The molecule has 28 heavy (non-hydrogen) atoms. The standard InChI is InChI=1S/C21H20N2O4S/c1-3-12-23-19(24)18(13-14-4-10-17(27-2)11-5-14)28-21(23)22-16-8-6-15(7-9-16)20(25)26/h3-11,18H,1,12-13H2,2H3,(H,25,26)/t18-/m0/s1. The van der Waals surface area contributed by atoms with Crippen molar-refractivity contribution in [1.82, 2.24) is 4.90 Å². The predicted octanol–water partition coefficient (Wildman–Crippen LogP) is 3.75. The number of amides is 1. The maximum atomic E-state index is 12.8. The topological polar surface area (TPSA) is 79.2 Å². The fraction of sp³-hybridized carbons (Fsp3) is 0.190. The third-order valence-electron chi connectivity index (χ3n) is 4.25. The van der Waals surface area contributed by atoms with Crippen LogP contribution in [-0.2, 0) is 11.2 Å². The quantitative estimate of drug-likeness (QED) is 0.721. The van der Waals surface area contributed by atoms with Gasteiger partial charge in [-0.05, 0) is 48.4 Å². The van der Waals surface area contributed by atoms with E-state index in [0.29, 0.717) is 23.8 Å². The van der Waals surface area contributed by atoms with Crippen LogP contribution < -0.4 is 4.74 Å². The van der Waals surface area contributed by atoms with Gasteiger partial charge in [0.2, 0.25) is 5.91 Å². The molecule has 0 saturated carbocycles. The summed E-state index contributed by atoms with van der Waals surface area (Å²) in [6, 6.07) is 13.9. The second-order valence-corrected chi connectivity index (χ2v) is 7.31. The maximum absolute atomic E-state index is 12.8. The number of methoxy groups -OCH3 is 1. The number of carboxylic acid groups (broad SMARTS) is 1. The van der Waals surface area contributed by atoms with Crippen molar-refractivity contribution in [3.8, 4) is 5.75 Å². The highest BCUT2D eigenvalue weighted by molar-refractivity contribution is 8.15. The number of carbonyl (C=O) groups is 2. The molecule has 0 unspecified atom stereocenters. The average Bonchev–Trinajstić information content (AvgIpc) is 2.98. The first-order valence-electron chi connectivity index (χ1n) is 8.65. The summed E-state index contributed by atoms with van der Waals surface area (Å²) in [4.78, 5) is 30.0. The molecule has 2 aromatic rings. The zero-order chi connectivity index (χ0) is 20.1. The summed E-state index contributed by atoms with van der Waals surface area (Å²) in [7, 11) is 1.62. The van der Waals surface area contributed by atoms with Gasteiger partial charge in [-0.25, -0.2) is 9.79 Å². The zero-order valence-electron chi connectivity index (χ0n) is 15.4. The number of rotatable bonds is 7. The summed E-state index contributed by atoms with van der Waals surface area (Å²) in [6.45, 7) is 4.09. The minimum absolute atomic E-state index is 0.0124. The molecular formula is C21H20N2O4S. The third-order valence-corrected chi connectivity index (χ3v) is 5.43. The number of carbonyl (C=O) groups excluding carboxylic acids is 1. The Morgan fingerprint density at radius 3 is 2.50 bits per heavy atom. The van der Waals surface area contributed by atoms with Crippen LogP contribution in [-0.4, -0.2) is 46.0 Å². The molecule has 1 N–H and O–H groups in total. The van der Waals surface area contributed by atoms with Crippen molar-refractivity contribution in [2.24, 2.45) is 4.99 Å². The van der Waals surface area contributed by atoms with Crippen LogP contribution in [0.1, 0.15) is 15.9 Å². The van der Waals surface area contributed by atoms with Crippen molar-refractivity contribution in [1.29, 1.82) is 0 Å². The van der Waals surface area contributed by atoms with Gasteiger partial charge in [-0.3, -0.25) is 9.69 Å². The van der Waals surface area contributed by atoms with E-state index < -0.39 is 5.97 Å². The molecule has 2 aromatic carbocycles. The summed E-state index contributed by atoms with van der Waals surface area (Å²) in [5.74, 6) is -0.228. The molecule has 1 amide bonds. The first-order valence-corrected chi connectivity index (χ1v) is 9.53. The third kappa shape index (κ3) is 4.43. The van der Waals surface area contributed by atoms with Gasteiger partial charge in [-0.1, -0.05) is 30.0 Å². The van der Waals surface area contributed by atoms with Crippen LogP contribution in [0.25, 0.3) is 0 Å². The van der Waals surface area contributed by atoms with Crippen molar-refractivity contribution in [2.75, 3.05) is 13.7 Å². The summed E-state index contributed by atoms with van der Waals surface area (Å²) < 4.78 is 5.17. The Kier molecular flexibility index (Phi) is 6.16. The largest absolute Gasteiger partial charge is 0.497 e. The highest BCUT2D eigenvalue weighted by atomic mass is 32.2. The van der Waals surface area contributed by atoms with Gasteiger partial charge in [-0.2, -0.15) is 0 Å². The molecule has 7 heteroatoms. The van der Waals surface area contributed by atoms with E-state index in [1.165, 1.54) is 23.9 Å². The Labute approximate surface area is 167 Å². The van der Waals surface area contributed by atoms with Gasteiger partial charge in [-0.15, -0.1) is 6.58 Å². The molecule has 1 aliphatic heterocycles. The molecule has 1 heterocycles. The molecule has 0 spiro atoms. The lowest BCUT2D eigenvalue weighted by Gasteiger charge is -2.14. The smallest absolute Gasteiger partial charge is 0.335 e. The number of hydrogen-bond donors (Lipinski definition) is 1. The van der Waals surface area contributed by atoms with Gasteiger partial charge in [0.05, 0.1) is 23.6 Å². The van der Waals surface area contributed by atoms with E-state index in [1.807, 2.05) is 24.3 Å². The Hall–Kier alpha value is -3.06. The van der Waals surface area contributed by atoms with Crippen LogP contribution in [0.4, 0.5) is 5.69 Å². The second kappa shape index (κ2) is 8.75. The monoisotopic (exact) mass is 396 g/mol. The molecule has 0 bridgehead atoms. The number of thioether (sulfide) groups is 1.